The molecule has 1 aromatic carbocycles. The zero-order chi connectivity index (χ0) is 14.0. The second-order valence-electron chi connectivity index (χ2n) is 4.53. The third-order valence-electron chi connectivity index (χ3n) is 3.01. The van der Waals surface area contributed by atoms with E-state index >= 15 is 0 Å². The number of nitrogens with zero attached hydrogens (tertiary/aromatic N) is 1. The molecule has 0 saturated heterocycles. The van der Waals surface area contributed by atoms with Crippen LogP contribution in [0.4, 0.5) is 4.39 Å². The number of halogens is 1. The van der Waals surface area contributed by atoms with Crippen LogP contribution in [0.5, 0.6) is 5.75 Å². The summed E-state index contributed by atoms with van der Waals surface area (Å²) in [5.41, 5.74) is -0.00121. The average Bonchev–Trinajstić information content (AvgIpc) is 3.13. The maximum Gasteiger partial charge on any atom is 0.305 e. The lowest BCUT2D eigenvalue weighted by atomic mass is 10.1. The molecule has 1 aliphatic rings. The van der Waals surface area contributed by atoms with Crippen LogP contribution in [-0.2, 0) is 4.79 Å². The molecule has 0 radical (unpaired) electrons. The van der Waals surface area contributed by atoms with Gasteiger partial charge in [0.05, 0.1) is 12.0 Å². The van der Waals surface area contributed by atoms with Crippen LogP contribution in [0.3, 0.4) is 0 Å². The highest BCUT2D eigenvalue weighted by atomic mass is 19.1. The highest BCUT2D eigenvalue weighted by Gasteiger charge is 2.34. The van der Waals surface area contributed by atoms with Crippen molar-refractivity contribution in [2.45, 2.75) is 25.3 Å². The summed E-state index contributed by atoms with van der Waals surface area (Å²) in [6, 6.07) is 3.20. The molecule has 1 aliphatic carbocycles. The lowest BCUT2D eigenvalue weighted by Crippen LogP contribution is -2.35. The van der Waals surface area contributed by atoms with E-state index < -0.39 is 23.4 Å². The highest BCUT2D eigenvalue weighted by molar-refractivity contribution is 5.97. The Morgan fingerprint density at radius 2 is 2.05 bits per heavy atom. The molecule has 1 saturated carbocycles. The first-order valence-corrected chi connectivity index (χ1v) is 6.00. The molecule has 5 nitrogen and oxygen atoms in total. The molecule has 1 amide bonds. The molecule has 1 fully saturated rings. The number of hydrogen-bond acceptors (Lipinski definition) is 3. The lowest BCUT2D eigenvalue weighted by Gasteiger charge is -2.22. The van der Waals surface area contributed by atoms with E-state index in [0.29, 0.717) is 0 Å². The maximum absolute atomic E-state index is 12.9. The van der Waals surface area contributed by atoms with Crippen LogP contribution in [-0.4, -0.2) is 39.6 Å². The third-order valence-corrected chi connectivity index (χ3v) is 3.01. The van der Waals surface area contributed by atoms with Crippen molar-refractivity contribution in [3.63, 3.8) is 0 Å². The number of carbonyl (C=O) groups excluding carboxylic acids is 1. The second kappa shape index (κ2) is 5.26. The minimum atomic E-state index is -0.984. The van der Waals surface area contributed by atoms with Crippen molar-refractivity contribution in [3.8, 4) is 5.75 Å². The van der Waals surface area contributed by atoms with Crippen LogP contribution in [0.2, 0.25) is 0 Å². The van der Waals surface area contributed by atoms with Gasteiger partial charge in [-0.05, 0) is 25.0 Å². The van der Waals surface area contributed by atoms with Crippen molar-refractivity contribution in [1.82, 2.24) is 4.90 Å². The number of benzene rings is 1. The van der Waals surface area contributed by atoms with Crippen molar-refractivity contribution in [2.24, 2.45) is 0 Å². The number of amides is 1. The first-order chi connectivity index (χ1) is 8.99. The molecule has 0 atom stereocenters. The maximum atomic E-state index is 12.9. The molecule has 19 heavy (non-hydrogen) atoms. The Labute approximate surface area is 109 Å². The van der Waals surface area contributed by atoms with Gasteiger partial charge in [-0.2, -0.15) is 0 Å². The van der Waals surface area contributed by atoms with Gasteiger partial charge in [0, 0.05) is 18.7 Å². The molecule has 0 bridgehead atoms. The first kappa shape index (κ1) is 13.3. The van der Waals surface area contributed by atoms with Crippen molar-refractivity contribution in [3.05, 3.63) is 29.6 Å². The molecular formula is C13H14FNO4. The number of phenols is 1. The SMILES string of the molecule is O=C(O)CCN(C(=O)c1ccc(F)cc1O)C1CC1. The molecular weight excluding hydrogens is 253 g/mol. The minimum absolute atomic E-state index is 0.00121. The van der Waals surface area contributed by atoms with E-state index in [0.717, 1.165) is 25.0 Å². The standard InChI is InChI=1S/C13H14FNO4/c14-8-1-4-10(11(16)7-8)13(19)15(9-2-3-9)6-5-12(17)18/h1,4,7,9,16H,2-3,5-6H2,(H,17,18). The Hall–Kier alpha value is -2.11. The summed E-state index contributed by atoms with van der Waals surface area (Å²) in [5, 5.41) is 18.3. The van der Waals surface area contributed by atoms with Crippen LogP contribution in [0.15, 0.2) is 18.2 Å². The van der Waals surface area contributed by atoms with Gasteiger partial charge < -0.3 is 15.1 Å². The van der Waals surface area contributed by atoms with E-state index in [9.17, 15) is 19.1 Å². The summed E-state index contributed by atoms with van der Waals surface area (Å²) < 4.78 is 12.9. The molecule has 0 aliphatic heterocycles. The fourth-order valence-corrected chi connectivity index (χ4v) is 1.89. The lowest BCUT2D eigenvalue weighted by molar-refractivity contribution is -0.137. The summed E-state index contributed by atoms with van der Waals surface area (Å²) in [7, 11) is 0. The van der Waals surface area contributed by atoms with Crippen LogP contribution in [0.1, 0.15) is 29.6 Å². The third kappa shape index (κ3) is 3.21. The summed E-state index contributed by atoms with van der Waals surface area (Å²) in [6.45, 7) is 0.0929. The monoisotopic (exact) mass is 267 g/mol. The molecule has 2 rings (SSSR count). The number of carboxylic acid groups (broad SMARTS) is 1. The topological polar surface area (TPSA) is 77.8 Å². The second-order valence-corrected chi connectivity index (χ2v) is 4.53. The van der Waals surface area contributed by atoms with Crippen LogP contribution in [0.25, 0.3) is 0 Å². The number of phenolic OH excluding ortho intramolecular Hbond substituents is 1. The van der Waals surface area contributed by atoms with E-state index in [1.807, 2.05) is 0 Å². The number of carbonyl (C=O) groups is 2. The molecule has 0 aromatic heterocycles. The Morgan fingerprint density at radius 3 is 2.58 bits per heavy atom. The van der Waals surface area contributed by atoms with Gasteiger partial charge in [-0.15, -0.1) is 0 Å². The summed E-state index contributed by atoms with van der Waals surface area (Å²) in [4.78, 5) is 24.2. The fraction of sp³-hybridized carbons (Fsp3) is 0.385. The number of aromatic hydroxyl groups is 1. The van der Waals surface area contributed by atoms with Crippen molar-refractivity contribution >= 4 is 11.9 Å². The molecule has 102 valence electrons. The Bertz CT molecular complexity index is 513. The molecule has 0 unspecified atom stereocenters. The Morgan fingerprint density at radius 1 is 1.37 bits per heavy atom. The molecule has 0 spiro atoms. The van der Waals surface area contributed by atoms with Crippen molar-refractivity contribution in [1.29, 1.82) is 0 Å². The van der Waals surface area contributed by atoms with Crippen molar-refractivity contribution < 1.29 is 24.2 Å². The quantitative estimate of drug-likeness (QED) is 0.849. The van der Waals surface area contributed by atoms with Gasteiger partial charge in [-0.25, -0.2) is 4.39 Å². The summed E-state index contributed by atoms with van der Waals surface area (Å²) in [6.07, 6.45) is 1.50. The molecule has 6 heteroatoms. The number of aliphatic carboxylic acids is 1. The van der Waals surface area contributed by atoms with Gasteiger partial charge in [0.2, 0.25) is 0 Å². The zero-order valence-corrected chi connectivity index (χ0v) is 10.2. The largest absolute Gasteiger partial charge is 0.507 e. The van der Waals surface area contributed by atoms with Gasteiger partial charge in [0.1, 0.15) is 11.6 Å². The van der Waals surface area contributed by atoms with Crippen LogP contribution in [0, 0.1) is 5.82 Å². The van der Waals surface area contributed by atoms with Crippen molar-refractivity contribution in [2.75, 3.05) is 6.54 Å². The summed E-state index contributed by atoms with van der Waals surface area (Å²) in [5.74, 6) is -2.49. The smallest absolute Gasteiger partial charge is 0.305 e. The average molecular weight is 267 g/mol. The van der Waals surface area contributed by atoms with E-state index in [1.165, 1.54) is 11.0 Å². The minimum Gasteiger partial charge on any atom is -0.507 e. The van der Waals surface area contributed by atoms with Gasteiger partial charge in [0.25, 0.3) is 5.91 Å². The fourth-order valence-electron chi connectivity index (χ4n) is 1.89. The Kier molecular flexibility index (Phi) is 3.69. The predicted octanol–water partition coefficient (Wildman–Crippen LogP) is 1.61. The first-order valence-electron chi connectivity index (χ1n) is 6.00. The predicted molar refractivity (Wildman–Crippen MR) is 64.4 cm³/mol. The van der Waals surface area contributed by atoms with E-state index in [2.05, 4.69) is 0 Å². The van der Waals surface area contributed by atoms with Crippen LogP contribution >= 0.6 is 0 Å². The highest BCUT2D eigenvalue weighted by Crippen LogP contribution is 2.30. The Balaban J connectivity index is 2.16. The molecule has 1 aromatic rings. The van der Waals surface area contributed by atoms with Crippen LogP contribution < -0.4 is 0 Å². The van der Waals surface area contributed by atoms with E-state index in [-0.39, 0.29) is 24.6 Å². The van der Waals surface area contributed by atoms with E-state index in [1.54, 1.807) is 0 Å². The van der Waals surface area contributed by atoms with Gasteiger partial charge in [-0.1, -0.05) is 0 Å². The zero-order valence-electron chi connectivity index (χ0n) is 10.2. The number of rotatable bonds is 5. The van der Waals surface area contributed by atoms with Gasteiger partial charge >= 0.3 is 5.97 Å². The van der Waals surface area contributed by atoms with E-state index in [4.69, 9.17) is 5.11 Å². The molecule has 2 N–H and O–H groups in total. The summed E-state index contributed by atoms with van der Waals surface area (Å²) >= 11 is 0. The van der Waals surface area contributed by atoms with Gasteiger partial charge in [0.15, 0.2) is 0 Å². The number of carboxylic acids is 1. The molecule has 0 heterocycles. The number of hydrogen-bond donors (Lipinski definition) is 2. The van der Waals surface area contributed by atoms with Gasteiger partial charge in [-0.3, -0.25) is 9.59 Å². The normalized spacial score (nSPS) is 14.2.